The van der Waals surface area contributed by atoms with E-state index in [1.54, 1.807) is 0 Å². The molecule has 0 fully saturated rings. The maximum atomic E-state index is 10.3. The number of hydrogen-bond acceptors (Lipinski definition) is 3. The molecular formula is C20H35NO2. The van der Waals surface area contributed by atoms with Gasteiger partial charge in [0.15, 0.2) is 0 Å². The van der Waals surface area contributed by atoms with Crippen molar-refractivity contribution in [2.45, 2.75) is 76.7 Å². The zero-order chi connectivity index (χ0) is 17.0. The molecule has 0 aliphatic rings. The summed E-state index contributed by atoms with van der Waals surface area (Å²) in [5.41, 5.74) is 7.30. The van der Waals surface area contributed by atoms with Crippen LogP contribution >= 0.6 is 0 Å². The lowest BCUT2D eigenvalue weighted by molar-refractivity contribution is 0.0164. The molecule has 0 heterocycles. The summed E-state index contributed by atoms with van der Waals surface area (Å²) in [7, 11) is 0. The van der Waals surface area contributed by atoms with E-state index in [2.05, 4.69) is 31.2 Å². The lowest BCUT2D eigenvalue weighted by atomic mass is 9.91. The molecule has 1 rings (SSSR count). The fourth-order valence-electron chi connectivity index (χ4n) is 2.90. The van der Waals surface area contributed by atoms with Crippen LogP contribution in [-0.2, 0) is 12.8 Å². The van der Waals surface area contributed by atoms with Gasteiger partial charge >= 0.3 is 0 Å². The van der Waals surface area contributed by atoms with Crippen LogP contribution < -0.4 is 5.73 Å². The van der Waals surface area contributed by atoms with E-state index < -0.39 is 5.60 Å². The highest BCUT2D eigenvalue weighted by molar-refractivity contribution is 5.23. The monoisotopic (exact) mass is 321 g/mol. The minimum atomic E-state index is -0.939. The lowest BCUT2D eigenvalue weighted by Crippen LogP contribution is -2.39. The molecule has 0 aliphatic heterocycles. The molecule has 132 valence electrons. The Hall–Kier alpha value is -0.900. The maximum Gasteiger partial charge on any atom is 0.0794 e. The summed E-state index contributed by atoms with van der Waals surface area (Å²) in [6.45, 7) is 2.42. The minimum absolute atomic E-state index is 0.0229. The molecule has 3 nitrogen and oxygen atoms in total. The molecule has 23 heavy (non-hydrogen) atoms. The van der Waals surface area contributed by atoms with E-state index in [-0.39, 0.29) is 13.2 Å². The van der Waals surface area contributed by atoms with Gasteiger partial charge in [-0.2, -0.15) is 0 Å². The first-order valence-corrected chi connectivity index (χ1v) is 9.24. The van der Waals surface area contributed by atoms with Crippen LogP contribution in [0.4, 0.5) is 0 Å². The van der Waals surface area contributed by atoms with Crippen molar-refractivity contribution in [3.8, 4) is 0 Å². The second-order valence-electron chi connectivity index (χ2n) is 6.74. The maximum absolute atomic E-state index is 10.3. The largest absolute Gasteiger partial charge is 0.396 e. The number of aliphatic hydroxyl groups is 2. The third kappa shape index (κ3) is 8.50. The van der Waals surface area contributed by atoms with E-state index in [4.69, 9.17) is 10.8 Å². The van der Waals surface area contributed by atoms with E-state index >= 15 is 0 Å². The van der Waals surface area contributed by atoms with Crippen molar-refractivity contribution in [1.29, 1.82) is 0 Å². The van der Waals surface area contributed by atoms with Crippen molar-refractivity contribution in [1.82, 2.24) is 0 Å². The topological polar surface area (TPSA) is 66.5 Å². The molecule has 0 bridgehead atoms. The zero-order valence-electron chi connectivity index (χ0n) is 14.8. The summed E-state index contributed by atoms with van der Waals surface area (Å²) < 4.78 is 0. The van der Waals surface area contributed by atoms with E-state index in [0.29, 0.717) is 12.8 Å². The zero-order valence-corrected chi connectivity index (χ0v) is 14.8. The van der Waals surface area contributed by atoms with Gasteiger partial charge in [0.25, 0.3) is 0 Å². The number of nitrogens with two attached hydrogens (primary N) is 1. The molecular weight excluding hydrogens is 286 g/mol. The molecule has 0 spiro atoms. The Balaban J connectivity index is 2.30. The smallest absolute Gasteiger partial charge is 0.0794 e. The Morgan fingerprint density at radius 3 is 2.00 bits per heavy atom. The van der Waals surface area contributed by atoms with Gasteiger partial charge in [-0.1, -0.05) is 63.3 Å². The number of aryl methyl sites for hydroxylation is 2. The highest BCUT2D eigenvalue weighted by atomic mass is 16.3. The van der Waals surface area contributed by atoms with Crippen LogP contribution in [0, 0.1) is 0 Å². The summed E-state index contributed by atoms with van der Waals surface area (Å²) in [4.78, 5) is 0. The number of benzene rings is 1. The van der Waals surface area contributed by atoms with Gasteiger partial charge in [-0.25, -0.2) is 0 Å². The number of rotatable bonds is 13. The first kappa shape index (κ1) is 20.1. The van der Waals surface area contributed by atoms with E-state index in [1.807, 2.05) is 0 Å². The molecule has 0 amide bonds. The summed E-state index contributed by atoms with van der Waals surface area (Å²) in [5, 5.41) is 19.3. The van der Waals surface area contributed by atoms with Crippen LogP contribution in [0.3, 0.4) is 0 Å². The molecule has 0 radical (unpaired) electrons. The first-order valence-electron chi connectivity index (χ1n) is 9.24. The number of aliphatic hydroxyl groups excluding tert-OH is 1. The molecule has 0 saturated carbocycles. The van der Waals surface area contributed by atoms with Gasteiger partial charge in [0.2, 0.25) is 0 Å². The van der Waals surface area contributed by atoms with Crippen molar-refractivity contribution < 1.29 is 10.2 Å². The highest BCUT2D eigenvalue weighted by Crippen LogP contribution is 2.18. The van der Waals surface area contributed by atoms with E-state index in [1.165, 1.54) is 49.7 Å². The van der Waals surface area contributed by atoms with Crippen LogP contribution in [-0.4, -0.2) is 29.0 Å². The third-order valence-corrected chi connectivity index (χ3v) is 4.68. The van der Waals surface area contributed by atoms with Crippen molar-refractivity contribution in [2.75, 3.05) is 13.2 Å². The summed E-state index contributed by atoms with van der Waals surface area (Å²) in [5.74, 6) is 0. The summed E-state index contributed by atoms with van der Waals surface area (Å²) in [6, 6.07) is 8.72. The Bertz CT molecular complexity index is 405. The van der Waals surface area contributed by atoms with Gasteiger partial charge in [0, 0.05) is 19.6 Å². The molecule has 0 aliphatic carbocycles. The second-order valence-corrected chi connectivity index (χ2v) is 6.74. The number of hydrogen-bond donors (Lipinski definition) is 3. The molecule has 4 N–H and O–H groups in total. The molecule has 0 saturated heterocycles. The van der Waals surface area contributed by atoms with Crippen LogP contribution in [0.15, 0.2) is 24.3 Å². The SMILES string of the molecule is CCCCCCCCc1ccc(CCC(O)(CN)CCO)cc1. The van der Waals surface area contributed by atoms with E-state index in [9.17, 15) is 5.11 Å². The van der Waals surface area contributed by atoms with Crippen molar-refractivity contribution in [3.05, 3.63) is 35.4 Å². The second kappa shape index (κ2) is 11.6. The quantitative estimate of drug-likeness (QED) is 0.486. The van der Waals surface area contributed by atoms with Crippen LogP contribution in [0.25, 0.3) is 0 Å². The standard InChI is InChI=1S/C20H35NO2/c1-2-3-4-5-6-7-8-18-9-11-19(12-10-18)13-14-20(23,17-21)15-16-22/h9-12,22-23H,2-8,13-17,21H2,1H3. The fraction of sp³-hybridized carbons (Fsp3) is 0.700. The van der Waals surface area contributed by atoms with Crippen molar-refractivity contribution in [2.24, 2.45) is 5.73 Å². The molecule has 1 unspecified atom stereocenters. The Morgan fingerprint density at radius 2 is 1.43 bits per heavy atom. The molecule has 1 aromatic carbocycles. The highest BCUT2D eigenvalue weighted by Gasteiger charge is 2.23. The van der Waals surface area contributed by atoms with Crippen LogP contribution in [0.5, 0.6) is 0 Å². The lowest BCUT2D eigenvalue weighted by Gasteiger charge is -2.25. The van der Waals surface area contributed by atoms with Crippen LogP contribution in [0.2, 0.25) is 0 Å². The average molecular weight is 322 g/mol. The minimum Gasteiger partial charge on any atom is -0.396 e. The normalized spacial score (nSPS) is 13.9. The van der Waals surface area contributed by atoms with Crippen molar-refractivity contribution in [3.63, 3.8) is 0 Å². The number of unbranched alkanes of at least 4 members (excludes halogenated alkanes) is 5. The third-order valence-electron chi connectivity index (χ3n) is 4.68. The van der Waals surface area contributed by atoms with Gasteiger partial charge in [-0.05, 0) is 36.8 Å². The Labute approximate surface area is 141 Å². The van der Waals surface area contributed by atoms with Gasteiger partial charge in [-0.15, -0.1) is 0 Å². The fourth-order valence-corrected chi connectivity index (χ4v) is 2.90. The van der Waals surface area contributed by atoms with Crippen LogP contribution in [0.1, 0.15) is 69.4 Å². The van der Waals surface area contributed by atoms with Gasteiger partial charge < -0.3 is 15.9 Å². The van der Waals surface area contributed by atoms with Gasteiger partial charge in [-0.3, -0.25) is 0 Å². The summed E-state index contributed by atoms with van der Waals surface area (Å²) in [6.07, 6.45) is 10.9. The van der Waals surface area contributed by atoms with Crippen molar-refractivity contribution >= 4 is 0 Å². The van der Waals surface area contributed by atoms with Gasteiger partial charge in [0.1, 0.15) is 0 Å². The first-order chi connectivity index (χ1) is 11.1. The molecule has 1 aromatic rings. The predicted molar refractivity (Wildman–Crippen MR) is 97.6 cm³/mol. The molecule has 3 heteroatoms. The predicted octanol–water partition coefficient (Wildman–Crippen LogP) is 3.59. The van der Waals surface area contributed by atoms with E-state index in [0.717, 1.165) is 12.8 Å². The Morgan fingerprint density at radius 1 is 0.870 bits per heavy atom. The Kier molecular flexibility index (Phi) is 10.2. The molecule has 1 atom stereocenters. The molecule has 0 aromatic heterocycles. The average Bonchev–Trinajstić information content (AvgIpc) is 2.57. The van der Waals surface area contributed by atoms with Gasteiger partial charge in [0.05, 0.1) is 5.60 Å². The summed E-state index contributed by atoms with van der Waals surface area (Å²) >= 11 is 0.